The van der Waals surface area contributed by atoms with Gasteiger partial charge in [0.05, 0.1) is 4.90 Å². The lowest BCUT2D eigenvalue weighted by Gasteiger charge is -2.39. The largest absolute Gasteiger partial charge is 0.446 e. The Morgan fingerprint density at radius 1 is 1.09 bits per heavy atom. The third kappa shape index (κ3) is 4.91. The van der Waals surface area contributed by atoms with Gasteiger partial charge in [-0.1, -0.05) is 19.1 Å². The van der Waals surface area contributed by atoms with Crippen molar-refractivity contribution in [2.45, 2.75) is 41.0 Å². The van der Waals surface area contributed by atoms with E-state index in [9.17, 15) is 26.4 Å². The average Bonchev–Trinajstić information content (AvgIpc) is 3.04. The summed E-state index contributed by atoms with van der Waals surface area (Å²) in [5, 5.41) is 0. The first-order valence-corrected chi connectivity index (χ1v) is 12.6. The molecule has 5 nitrogen and oxygen atoms in total. The van der Waals surface area contributed by atoms with Crippen molar-refractivity contribution in [1.82, 2.24) is 4.90 Å². The molecule has 1 heterocycles. The zero-order valence-electron chi connectivity index (χ0n) is 17.3. The predicted octanol–water partition coefficient (Wildman–Crippen LogP) is 5.07. The van der Waals surface area contributed by atoms with E-state index in [0.29, 0.717) is 29.9 Å². The number of alkyl halides is 3. The molecule has 10 heteroatoms. The number of nitrogens with zero attached hydrogens (tertiary/aromatic N) is 1. The maximum Gasteiger partial charge on any atom is 0.446 e. The van der Waals surface area contributed by atoms with Crippen LogP contribution in [0.4, 0.5) is 18.9 Å². The van der Waals surface area contributed by atoms with Crippen LogP contribution in [-0.4, -0.2) is 37.8 Å². The molecule has 0 unspecified atom stereocenters. The Bertz CT molecular complexity index is 1090. The number of hydrogen-bond donors (Lipinski definition) is 1. The molecule has 1 N–H and O–H groups in total. The van der Waals surface area contributed by atoms with Gasteiger partial charge in [0.25, 0.3) is 10.0 Å². The number of hydrogen-bond acceptors (Lipinski definition) is 4. The highest BCUT2D eigenvalue weighted by molar-refractivity contribution is 8.00. The number of thioether (sulfide) groups is 1. The molecule has 172 valence electrons. The summed E-state index contributed by atoms with van der Waals surface area (Å²) in [6.45, 7) is 3.47. The van der Waals surface area contributed by atoms with Gasteiger partial charge in [0.2, 0.25) is 5.91 Å². The predicted molar refractivity (Wildman–Crippen MR) is 117 cm³/mol. The van der Waals surface area contributed by atoms with Crippen molar-refractivity contribution in [2.24, 2.45) is 11.8 Å². The molecule has 0 bridgehead atoms. The van der Waals surface area contributed by atoms with Gasteiger partial charge in [-0.25, -0.2) is 8.42 Å². The number of anilines is 1. The summed E-state index contributed by atoms with van der Waals surface area (Å²) >= 11 is -0.292. The summed E-state index contributed by atoms with van der Waals surface area (Å²) in [6, 6.07) is 11.8. The molecule has 2 aliphatic rings. The van der Waals surface area contributed by atoms with Crippen LogP contribution < -0.4 is 4.72 Å². The van der Waals surface area contributed by atoms with E-state index in [0.717, 1.165) is 49.3 Å². The van der Waals surface area contributed by atoms with E-state index in [1.807, 2.05) is 24.0 Å². The van der Waals surface area contributed by atoms with Crippen molar-refractivity contribution in [2.75, 3.05) is 17.8 Å². The van der Waals surface area contributed by atoms with Crippen LogP contribution in [0.5, 0.6) is 0 Å². The number of likely N-dealkylation sites (tertiary alicyclic amines) is 1. The van der Waals surface area contributed by atoms with Gasteiger partial charge in [0.1, 0.15) is 0 Å². The molecule has 0 spiro atoms. The Kier molecular flexibility index (Phi) is 6.19. The molecule has 2 fully saturated rings. The van der Waals surface area contributed by atoms with Gasteiger partial charge in [0, 0.05) is 30.1 Å². The van der Waals surface area contributed by atoms with Crippen molar-refractivity contribution in [3.05, 3.63) is 54.1 Å². The molecule has 3 atom stereocenters. The molecule has 1 saturated heterocycles. The minimum absolute atomic E-state index is 0.0780. The first kappa shape index (κ1) is 23.0. The topological polar surface area (TPSA) is 66.5 Å². The second-order valence-corrected chi connectivity index (χ2v) is 11.0. The van der Waals surface area contributed by atoms with Gasteiger partial charge in [-0.05, 0) is 77.9 Å². The Labute approximate surface area is 189 Å². The molecule has 1 saturated carbocycles. The molecule has 4 rings (SSSR count). The molecule has 0 radical (unpaired) electrons. The van der Waals surface area contributed by atoms with E-state index < -0.39 is 15.5 Å². The Morgan fingerprint density at radius 3 is 2.34 bits per heavy atom. The van der Waals surface area contributed by atoms with Crippen LogP contribution >= 0.6 is 11.8 Å². The number of fused-ring (bicyclic) bond motifs is 1. The fraction of sp³-hybridized carbons (Fsp3) is 0.409. The van der Waals surface area contributed by atoms with Crippen LogP contribution in [0, 0.1) is 11.8 Å². The quantitative estimate of drug-likeness (QED) is 0.582. The fourth-order valence-corrected chi connectivity index (χ4v) is 6.15. The normalized spacial score (nSPS) is 22.9. The third-order valence-electron chi connectivity index (χ3n) is 6.18. The Hall–Kier alpha value is -2.20. The summed E-state index contributed by atoms with van der Waals surface area (Å²) in [4.78, 5) is 13.7. The first-order chi connectivity index (χ1) is 15.1. The maximum atomic E-state index is 12.6. The van der Waals surface area contributed by atoms with Crippen molar-refractivity contribution >= 4 is 33.4 Å². The van der Waals surface area contributed by atoms with E-state index in [4.69, 9.17) is 0 Å². The Balaban J connectivity index is 1.39. The van der Waals surface area contributed by atoms with E-state index in [1.54, 1.807) is 12.1 Å². The summed E-state index contributed by atoms with van der Waals surface area (Å²) in [5.41, 5.74) is -2.93. The van der Waals surface area contributed by atoms with Gasteiger partial charge in [-0.3, -0.25) is 9.52 Å². The number of halogens is 3. The molecule has 1 aliphatic heterocycles. The maximum absolute atomic E-state index is 12.6. The molecule has 1 aliphatic carbocycles. The lowest BCUT2D eigenvalue weighted by molar-refractivity contribution is -0.129. The monoisotopic (exact) mass is 484 g/mol. The standard InChI is InChI=1S/C22H23F3N2O3S2/c1-2-21(28)27-12-15-11-19(20(15)13-27)14-3-5-16(6-4-14)26-32(29,30)18-9-7-17(8-10-18)31-22(23,24)25/h3-10,15,19-20,26H,2,11-13H2,1H3/t15-,19-,20+/m0/s1. The summed E-state index contributed by atoms with van der Waals surface area (Å²) in [5.74, 6) is 1.53. The van der Waals surface area contributed by atoms with Crippen LogP contribution in [0.25, 0.3) is 0 Å². The minimum Gasteiger partial charge on any atom is -0.342 e. The number of rotatable bonds is 6. The van der Waals surface area contributed by atoms with Crippen LogP contribution in [-0.2, 0) is 14.8 Å². The Morgan fingerprint density at radius 2 is 1.75 bits per heavy atom. The summed E-state index contributed by atoms with van der Waals surface area (Å²) in [7, 11) is -3.92. The highest BCUT2D eigenvalue weighted by Gasteiger charge is 2.48. The smallest absolute Gasteiger partial charge is 0.342 e. The number of sulfonamides is 1. The number of amides is 1. The molecule has 0 aromatic heterocycles. The fourth-order valence-electron chi connectivity index (χ4n) is 4.55. The van der Waals surface area contributed by atoms with Crippen LogP contribution in [0.3, 0.4) is 0 Å². The van der Waals surface area contributed by atoms with Gasteiger partial charge in [-0.2, -0.15) is 13.2 Å². The number of benzene rings is 2. The minimum atomic E-state index is -4.43. The van der Waals surface area contributed by atoms with Gasteiger partial charge in [0.15, 0.2) is 0 Å². The highest BCUT2D eigenvalue weighted by Crippen LogP contribution is 2.51. The van der Waals surface area contributed by atoms with Gasteiger partial charge < -0.3 is 4.90 Å². The zero-order valence-corrected chi connectivity index (χ0v) is 18.9. The van der Waals surface area contributed by atoms with E-state index in [2.05, 4.69) is 4.72 Å². The van der Waals surface area contributed by atoms with E-state index in [-0.39, 0.29) is 27.5 Å². The molecule has 2 aromatic carbocycles. The summed E-state index contributed by atoms with van der Waals surface area (Å²) in [6.07, 6.45) is 1.54. The lowest BCUT2D eigenvalue weighted by atomic mass is 9.64. The van der Waals surface area contributed by atoms with Gasteiger partial charge >= 0.3 is 5.51 Å². The third-order valence-corrected chi connectivity index (χ3v) is 8.32. The molecule has 32 heavy (non-hydrogen) atoms. The molecular formula is C22H23F3N2O3S2. The number of nitrogens with one attached hydrogen (secondary N) is 1. The van der Waals surface area contributed by atoms with Gasteiger partial charge in [-0.15, -0.1) is 0 Å². The van der Waals surface area contributed by atoms with Crippen LogP contribution in [0.15, 0.2) is 58.3 Å². The SMILES string of the molecule is CCC(=O)N1C[C@@H]2C[C@@H](c3ccc(NS(=O)(=O)c4ccc(SC(F)(F)F)cc4)cc3)[C@@H]2C1. The van der Waals surface area contributed by atoms with Crippen molar-refractivity contribution in [3.8, 4) is 0 Å². The second kappa shape index (κ2) is 8.62. The van der Waals surface area contributed by atoms with Crippen molar-refractivity contribution in [1.29, 1.82) is 0 Å². The lowest BCUT2D eigenvalue weighted by Crippen LogP contribution is -2.33. The zero-order chi connectivity index (χ0) is 23.1. The first-order valence-electron chi connectivity index (χ1n) is 10.3. The molecule has 1 amide bonds. The highest BCUT2D eigenvalue weighted by atomic mass is 32.2. The van der Waals surface area contributed by atoms with Crippen molar-refractivity contribution in [3.63, 3.8) is 0 Å². The van der Waals surface area contributed by atoms with Crippen LogP contribution in [0.1, 0.15) is 31.2 Å². The van der Waals surface area contributed by atoms with E-state index in [1.165, 1.54) is 0 Å². The molecule has 2 aromatic rings. The second-order valence-electron chi connectivity index (χ2n) is 8.17. The van der Waals surface area contributed by atoms with E-state index >= 15 is 0 Å². The van der Waals surface area contributed by atoms with Crippen LogP contribution in [0.2, 0.25) is 0 Å². The molecular weight excluding hydrogens is 461 g/mol. The number of carbonyl (C=O) groups excluding carboxylic acids is 1. The summed E-state index contributed by atoms with van der Waals surface area (Å²) < 4.78 is 65.0. The van der Waals surface area contributed by atoms with Crippen molar-refractivity contribution < 1.29 is 26.4 Å². The average molecular weight is 485 g/mol. The number of carbonyl (C=O) groups is 1.